The average molecular weight is 386 g/mol. The third-order valence-corrected chi connectivity index (χ3v) is 4.79. The number of hydrogen-bond donors (Lipinski definition) is 0. The van der Waals surface area contributed by atoms with Crippen LogP contribution in [0.25, 0.3) is 0 Å². The van der Waals surface area contributed by atoms with Crippen LogP contribution in [0.3, 0.4) is 0 Å². The molecule has 1 aliphatic heterocycles. The van der Waals surface area contributed by atoms with Gasteiger partial charge in [0.1, 0.15) is 5.82 Å². The quantitative estimate of drug-likeness (QED) is 0.792. The summed E-state index contributed by atoms with van der Waals surface area (Å²) in [6.07, 6.45) is 0.154. The van der Waals surface area contributed by atoms with Gasteiger partial charge in [-0.25, -0.2) is 4.39 Å². The minimum Gasteiger partial charge on any atom is -0.493 e. The van der Waals surface area contributed by atoms with Crippen LogP contribution in [-0.2, 0) is 11.2 Å². The predicted octanol–water partition coefficient (Wildman–Crippen LogP) is 2.37. The first-order valence-electron chi connectivity index (χ1n) is 9.05. The molecule has 0 aliphatic carbocycles. The van der Waals surface area contributed by atoms with Crippen LogP contribution in [0.1, 0.15) is 15.9 Å². The fourth-order valence-corrected chi connectivity index (χ4v) is 3.24. The summed E-state index contributed by atoms with van der Waals surface area (Å²) in [7, 11) is 3.06. The van der Waals surface area contributed by atoms with Crippen molar-refractivity contribution >= 4 is 11.8 Å². The van der Waals surface area contributed by atoms with Crippen molar-refractivity contribution in [2.24, 2.45) is 0 Å². The first-order valence-corrected chi connectivity index (χ1v) is 9.05. The highest BCUT2D eigenvalue weighted by atomic mass is 19.1. The summed E-state index contributed by atoms with van der Waals surface area (Å²) in [5.41, 5.74) is 1.16. The molecular weight excluding hydrogens is 363 g/mol. The molecule has 1 aliphatic rings. The highest BCUT2D eigenvalue weighted by Gasteiger charge is 2.25. The van der Waals surface area contributed by atoms with Crippen LogP contribution in [0.15, 0.2) is 42.5 Å². The molecule has 1 saturated heterocycles. The van der Waals surface area contributed by atoms with Crippen LogP contribution < -0.4 is 9.47 Å². The second-order valence-electron chi connectivity index (χ2n) is 6.55. The molecular formula is C21H23FN2O4. The zero-order valence-electron chi connectivity index (χ0n) is 16.0. The molecule has 0 saturated carbocycles. The molecule has 6 nitrogen and oxygen atoms in total. The number of ether oxygens (including phenoxy) is 2. The zero-order valence-corrected chi connectivity index (χ0v) is 16.0. The molecule has 0 radical (unpaired) electrons. The lowest BCUT2D eigenvalue weighted by molar-refractivity contribution is -0.131. The van der Waals surface area contributed by atoms with E-state index in [2.05, 4.69) is 0 Å². The topological polar surface area (TPSA) is 59.1 Å². The van der Waals surface area contributed by atoms with Crippen molar-refractivity contribution in [2.75, 3.05) is 40.4 Å². The molecule has 28 heavy (non-hydrogen) atoms. The number of nitrogens with zero attached hydrogens (tertiary/aromatic N) is 2. The third kappa shape index (κ3) is 4.42. The fraction of sp³-hybridized carbons (Fsp3) is 0.333. The standard InChI is InChI=1S/C21H23FN2O4/c1-27-18-7-6-16(14-19(18)28-2)21(26)24-10-8-23(9-11-24)20(25)13-15-4-3-5-17(22)12-15/h3-7,12,14H,8-11,13H2,1-2H3. The molecule has 3 rings (SSSR count). The van der Waals surface area contributed by atoms with E-state index in [4.69, 9.17) is 9.47 Å². The van der Waals surface area contributed by atoms with Gasteiger partial charge in [0.15, 0.2) is 11.5 Å². The van der Waals surface area contributed by atoms with E-state index in [9.17, 15) is 14.0 Å². The Morgan fingerprint density at radius 1 is 0.929 bits per heavy atom. The van der Waals surface area contributed by atoms with E-state index in [1.807, 2.05) is 0 Å². The van der Waals surface area contributed by atoms with Crippen molar-refractivity contribution < 1.29 is 23.5 Å². The van der Waals surface area contributed by atoms with Gasteiger partial charge >= 0.3 is 0 Å². The molecule has 2 aromatic carbocycles. The summed E-state index contributed by atoms with van der Waals surface area (Å²) >= 11 is 0. The number of rotatable bonds is 5. The van der Waals surface area contributed by atoms with Gasteiger partial charge in [-0.1, -0.05) is 12.1 Å². The summed E-state index contributed by atoms with van der Waals surface area (Å²) < 4.78 is 23.7. The van der Waals surface area contributed by atoms with Crippen molar-refractivity contribution in [3.63, 3.8) is 0 Å². The molecule has 0 spiro atoms. The number of amides is 2. The Labute approximate surface area is 163 Å². The van der Waals surface area contributed by atoms with E-state index in [1.165, 1.54) is 19.2 Å². The summed E-state index contributed by atoms with van der Waals surface area (Å²) in [5.74, 6) is 0.529. The van der Waals surface area contributed by atoms with E-state index in [-0.39, 0.29) is 24.1 Å². The van der Waals surface area contributed by atoms with Gasteiger partial charge in [-0.15, -0.1) is 0 Å². The summed E-state index contributed by atoms with van der Waals surface area (Å²) in [4.78, 5) is 28.6. The van der Waals surface area contributed by atoms with Crippen LogP contribution in [-0.4, -0.2) is 62.0 Å². The van der Waals surface area contributed by atoms with Crippen molar-refractivity contribution in [3.05, 3.63) is 59.4 Å². The molecule has 0 aromatic heterocycles. The smallest absolute Gasteiger partial charge is 0.254 e. The summed E-state index contributed by atoms with van der Waals surface area (Å²) in [6.45, 7) is 1.80. The number of halogens is 1. The van der Waals surface area contributed by atoms with Gasteiger partial charge in [0.25, 0.3) is 5.91 Å². The van der Waals surface area contributed by atoms with E-state index in [0.717, 1.165) is 0 Å². The Hall–Kier alpha value is -3.09. The minimum atomic E-state index is -0.351. The molecule has 1 fully saturated rings. The van der Waals surface area contributed by atoms with Gasteiger partial charge in [-0.2, -0.15) is 0 Å². The molecule has 0 bridgehead atoms. The number of benzene rings is 2. The van der Waals surface area contributed by atoms with Crippen molar-refractivity contribution in [1.29, 1.82) is 0 Å². The van der Waals surface area contributed by atoms with Crippen LogP contribution in [0.5, 0.6) is 11.5 Å². The molecule has 0 N–H and O–H groups in total. The maximum absolute atomic E-state index is 13.3. The Bertz CT molecular complexity index is 863. The number of carbonyl (C=O) groups is 2. The number of hydrogen-bond acceptors (Lipinski definition) is 4. The molecule has 7 heteroatoms. The van der Waals surface area contributed by atoms with Gasteiger partial charge < -0.3 is 19.3 Å². The Balaban J connectivity index is 1.58. The maximum Gasteiger partial charge on any atom is 0.254 e. The Morgan fingerprint density at radius 2 is 1.61 bits per heavy atom. The summed E-state index contributed by atoms with van der Waals surface area (Å²) in [6, 6.07) is 11.1. The number of piperazine rings is 1. The van der Waals surface area contributed by atoms with Gasteiger partial charge in [-0.3, -0.25) is 9.59 Å². The van der Waals surface area contributed by atoms with Crippen molar-refractivity contribution in [1.82, 2.24) is 9.80 Å². The van der Waals surface area contributed by atoms with E-state index >= 15 is 0 Å². The lowest BCUT2D eigenvalue weighted by Gasteiger charge is -2.35. The first-order chi connectivity index (χ1) is 13.5. The highest BCUT2D eigenvalue weighted by molar-refractivity contribution is 5.95. The van der Waals surface area contributed by atoms with E-state index < -0.39 is 0 Å². The third-order valence-electron chi connectivity index (χ3n) is 4.79. The van der Waals surface area contributed by atoms with Gasteiger partial charge in [0.05, 0.1) is 20.6 Å². The normalized spacial score (nSPS) is 14.0. The molecule has 0 unspecified atom stereocenters. The van der Waals surface area contributed by atoms with Crippen LogP contribution in [0.4, 0.5) is 4.39 Å². The zero-order chi connectivity index (χ0) is 20.1. The van der Waals surface area contributed by atoms with E-state index in [0.29, 0.717) is 48.8 Å². The largest absolute Gasteiger partial charge is 0.493 e. The monoisotopic (exact) mass is 386 g/mol. The second-order valence-corrected chi connectivity index (χ2v) is 6.55. The highest BCUT2D eigenvalue weighted by Crippen LogP contribution is 2.28. The van der Waals surface area contributed by atoms with Crippen molar-refractivity contribution in [2.45, 2.75) is 6.42 Å². The fourth-order valence-electron chi connectivity index (χ4n) is 3.24. The van der Waals surface area contributed by atoms with Crippen LogP contribution in [0.2, 0.25) is 0 Å². The van der Waals surface area contributed by atoms with Gasteiger partial charge in [0, 0.05) is 31.7 Å². The van der Waals surface area contributed by atoms with Gasteiger partial charge in [-0.05, 0) is 35.9 Å². The first kappa shape index (κ1) is 19.7. The number of methoxy groups -OCH3 is 2. The maximum atomic E-state index is 13.3. The predicted molar refractivity (Wildman–Crippen MR) is 102 cm³/mol. The molecule has 2 amide bonds. The van der Waals surface area contributed by atoms with E-state index in [1.54, 1.807) is 47.2 Å². The average Bonchev–Trinajstić information content (AvgIpc) is 2.72. The Morgan fingerprint density at radius 3 is 2.25 bits per heavy atom. The molecule has 148 valence electrons. The number of carbonyl (C=O) groups excluding carboxylic acids is 2. The molecule has 2 aromatic rings. The SMILES string of the molecule is COc1ccc(C(=O)N2CCN(C(=O)Cc3cccc(F)c3)CC2)cc1OC. The summed E-state index contributed by atoms with van der Waals surface area (Å²) in [5, 5.41) is 0. The molecule has 1 heterocycles. The lowest BCUT2D eigenvalue weighted by Crippen LogP contribution is -2.51. The van der Waals surface area contributed by atoms with Crippen molar-refractivity contribution in [3.8, 4) is 11.5 Å². The van der Waals surface area contributed by atoms with Crippen LogP contribution in [0, 0.1) is 5.82 Å². The second kappa shape index (κ2) is 8.73. The Kier molecular flexibility index (Phi) is 6.13. The molecule has 0 atom stereocenters. The van der Waals surface area contributed by atoms with Gasteiger partial charge in [0.2, 0.25) is 5.91 Å². The minimum absolute atomic E-state index is 0.0659. The van der Waals surface area contributed by atoms with Crippen LogP contribution >= 0.6 is 0 Å². The lowest BCUT2D eigenvalue weighted by atomic mass is 10.1.